The summed E-state index contributed by atoms with van der Waals surface area (Å²) in [5.41, 5.74) is 5.28. The van der Waals surface area contributed by atoms with Gasteiger partial charge in [0.2, 0.25) is 5.91 Å². The molecular formula is C40H41F2N7O4. The van der Waals surface area contributed by atoms with Crippen molar-refractivity contribution in [2.75, 3.05) is 33.4 Å². The van der Waals surface area contributed by atoms with Crippen LogP contribution < -0.4 is 10.6 Å². The van der Waals surface area contributed by atoms with Gasteiger partial charge in [-0.05, 0) is 91.1 Å². The molecule has 5 aromatic rings. The van der Waals surface area contributed by atoms with Crippen LogP contribution in [0.3, 0.4) is 0 Å². The summed E-state index contributed by atoms with van der Waals surface area (Å²) in [6, 6.07) is 15.5. The van der Waals surface area contributed by atoms with Gasteiger partial charge in [0.25, 0.3) is 5.92 Å². The number of carbonyl (C=O) groups is 2. The molecule has 53 heavy (non-hydrogen) atoms. The van der Waals surface area contributed by atoms with Crippen molar-refractivity contribution in [1.29, 1.82) is 0 Å². The van der Waals surface area contributed by atoms with Gasteiger partial charge < -0.3 is 24.7 Å². The van der Waals surface area contributed by atoms with Crippen LogP contribution in [-0.4, -0.2) is 75.9 Å². The molecule has 274 valence electrons. The van der Waals surface area contributed by atoms with Crippen LogP contribution >= 0.6 is 0 Å². The van der Waals surface area contributed by atoms with Gasteiger partial charge in [0.15, 0.2) is 11.5 Å². The van der Waals surface area contributed by atoms with E-state index in [1.54, 1.807) is 29.3 Å². The summed E-state index contributed by atoms with van der Waals surface area (Å²) in [6.45, 7) is 4.65. The maximum atomic E-state index is 16.3. The first kappa shape index (κ1) is 33.7. The minimum absolute atomic E-state index is 0.00692. The number of alkyl halides is 2. The van der Waals surface area contributed by atoms with E-state index in [1.807, 2.05) is 43.3 Å². The molecule has 3 aliphatic heterocycles. The first-order valence-corrected chi connectivity index (χ1v) is 18.4. The van der Waals surface area contributed by atoms with Gasteiger partial charge in [-0.1, -0.05) is 37.3 Å². The zero-order chi connectivity index (χ0) is 36.5. The number of aromatic nitrogens is 4. The highest BCUT2D eigenvalue weighted by molar-refractivity contribution is 5.88. The predicted octanol–water partition coefficient (Wildman–Crippen LogP) is 6.50. The molecule has 5 heterocycles. The number of benzene rings is 3. The molecule has 2 aromatic heterocycles. The fraction of sp³-hybridized carbons (Fsp3) is 0.400. The number of rotatable bonds is 9. The number of halogens is 2. The van der Waals surface area contributed by atoms with E-state index in [9.17, 15) is 9.59 Å². The van der Waals surface area contributed by atoms with E-state index in [1.165, 1.54) is 7.11 Å². The highest BCUT2D eigenvalue weighted by Crippen LogP contribution is 2.54. The van der Waals surface area contributed by atoms with Gasteiger partial charge in [-0.25, -0.2) is 14.8 Å². The highest BCUT2D eigenvalue weighted by Gasteiger charge is 2.56. The maximum absolute atomic E-state index is 16.3. The summed E-state index contributed by atoms with van der Waals surface area (Å²) in [6.07, 6.45) is 5.18. The highest BCUT2D eigenvalue weighted by atomic mass is 19.3. The van der Waals surface area contributed by atoms with Gasteiger partial charge >= 0.3 is 6.09 Å². The van der Waals surface area contributed by atoms with Crippen LogP contribution in [0.5, 0.6) is 0 Å². The van der Waals surface area contributed by atoms with Gasteiger partial charge in [-0.15, -0.1) is 0 Å². The Kier molecular flexibility index (Phi) is 8.11. The normalized spacial score (nSPS) is 20.2. The molecule has 3 N–H and O–H groups in total. The minimum atomic E-state index is -3.17. The maximum Gasteiger partial charge on any atom is 0.407 e. The van der Waals surface area contributed by atoms with Crippen molar-refractivity contribution >= 4 is 23.0 Å². The number of hydrogen-bond donors (Lipinski definition) is 3. The summed E-state index contributed by atoms with van der Waals surface area (Å²) in [4.78, 5) is 40.6. The molecule has 1 spiro atoms. The molecule has 3 aromatic carbocycles. The lowest BCUT2D eigenvalue weighted by Gasteiger charge is -2.33. The van der Waals surface area contributed by atoms with E-state index in [-0.39, 0.29) is 35.2 Å². The van der Waals surface area contributed by atoms with E-state index in [0.29, 0.717) is 67.1 Å². The van der Waals surface area contributed by atoms with Crippen molar-refractivity contribution in [2.45, 2.75) is 63.2 Å². The fourth-order valence-electron chi connectivity index (χ4n) is 8.66. The van der Waals surface area contributed by atoms with Crippen molar-refractivity contribution in [3.05, 3.63) is 83.6 Å². The first-order valence-electron chi connectivity index (χ1n) is 18.4. The molecule has 2 saturated heterocycles. The van der Waals surface area contributed by atoms with E-state index in [0.717, 1.165) is 47.5 Å². The molecule has 9 rings (SSSR count). The molecule has 0 saturated carbocycles. The Morgan fingerprint density at radius 3 is 2.49 bits per heavy atom. The average Bonchev–Trinajstić information content (AvgIpc) is 3.74. The van der Waals surface area contributed by atoms with E-state index in [2.05, 4.69) is 25.2 Å². The molecule has 4 aliphatic rings. The Labute approximate surface area is 305 Å². The lowest BCUT2D eigenvalue weighted by atomic mass is 9.90. The zero-order valence-electron chi connectivity index (χ0n) is 29.7. The number of aromatic amines is 1. The van der Waals surface area contributed by atoms with Gasteiger partial charge in [0.1, 0.15) is 11.9 Å². The number of carbonyl (C=O) groups excluding carboxylic acids is 2. The third kappa shape index (κ3) is 5.51. The molecule has 2 amide bonds. The van der Waals surface area contributed by atoms with Crippen LogP contribution in [0.15, 0.2) is 60.8 Å². The van der Waals surface area contributed by atoms with Crippen molar-refractivity contribution in [3.8, 4) is 33.5 Å². The van der Waals surface area contributed by atoms with Crippen LogP contribution in [0.25, 0.3) is 44.5 Å². The summed E-state index contributed by atoms with van der Waals surface area (Å²) >= 11 is 0. The molecule has 0 radical (unpaired) electrons. The molecule has 2 atom stereocenters. The Morgan fingerprint density at radius 2 is 1.77 bits per heavy atom. The standard InChI is InChI=1S/C40H41F2N7O4/c1-3-15-48(36(50)35(47-38(51)52-2)23-11-16-53-17-12-23)22-34-45-31-10-7-25(20-32(31)46-34)24-5-8-27-28-9-6-26(19-30(28)40(41,42)29(27)18-24)33-21-43-37-39(49(33)37)13-4-14-44-39/h5-10,18-21,23,35,44H,3-4,11-17,22H2,1-2H3,(H,45,46)(H,47,51). The number of imidazole rings is 2. The lowest BCUT2D eigenvalue weighted by Crippen LogP contribution is -2.53. The van der Waals surface area contributed by atoms with Crippen LogP contribution in [0.2, 0.25) is 0 Å². The first-order chi connectivity index (χ1) is 25.7. The molecule has 2 fully saturated rings. The Balaban J connectivity index is 0.965. The van der Waals surface area contributed by atoms with Crippen LogP contribution in [0, 0.1) is 5.92 Å². The summed E-state index contributed by atoms with van der Waals surface area (Å²) < 4.78 is 45.1. The second-order valence-electron chi connectivity index (χ2n) is 14.5. The van der Waals surface area contributed by atoms with E-state index in [4.69, 9.17) is 14.5 Å². The third-order valence-corrected chi connectivity index (χ3v) is 11.4. The number of nitrogens with one attached hydrogen (secondary N) is 3. The number of nitrogens with zero attached hydrogens (tertiary/aromatic N) is 4. The quantitative estimate of drug-likeness (QED) is 0.159. The van der Waals surface area contributed by atoms with Crippen molar-refractivity contribution in [3.63, 3.8) is 0 Å². The van der Waals surface area contributed by atoms with Gasteiger partial charge in [0.05, 0.1) is 36.6 Å². The van der Waals surface area contributed by atoms with E-state index >= 15 is 8.78 Å². The molecule has 1 aliphatic carbocycles. The number of fused-ring (bicyclic) bond motifs is 7. The third-order valence-electron chi connectivity index (χ3n) is 11.4. The minimum Gasteiger partial charge on any atom is -0.453 e. The number of alkyl carbamates (subject to hydrolysis) is 1. The number of methoxy groups -OCH3 is 1. The van der Waals surface area contributed by atoms with Crippen LogP contribution in [-0.2, 0) is 32.4 Å². The molecule has 0 bridgehead atoms. The molecule has 11 nitrogen and oxygen atoms in total. The van der Waals surface area contributed by atoms with E-state index < -0.39 is 18.1 Å². The van der Waals surface area contributed by atoms with Gasteiger partial charge in [0, 0.05) is 36.4 Å². The van der Waals surface area contributed by atoms with Gasteiger partial charge in [-0.2, -0.15) is 8.78 Å². The molecule has 13 heteroatoms. The van der Waals surface area contributed by atoms with Crippen LogP contribution in [0.4, 0.5) is 13.6 Å². The molecule has 2 unspecified atom stereocenters. The SMILES string of the molecule is CCCN(Cc1nc2ccc(-c3ccc4c(c3)C(F)(F)c3cc(-c5cnc6n5C65CCCN5)ccc3-4)cc2[nH]1)C(=O)C(NC(=O)OC)C1CCOCC1. The number of hydrogen-bond acceptors (Lipinski definition) is 7. The summed E-state index contributed by atoms with van der Waals surface area (Å²) in [5, 5.41) is 6.30. The Morgan fingerprint density at radius 1 is 1.06 bits per heavy atom. The smallest absolute Gasteiger partial charge is 0.407 e. The fourth-order valence-corrected chi connectivity index (χ4v) is 8.66. The summed E-state index contributed by atoms with van der Waals surface area (Å²) in [5.74, 6) is -1.89. The Hall–Kier alpha value is -5.14. The topological polar surface area (TPSA) is 126 Å². The van der Waals surface area contributed by atoms with Crippen LogP contribution in [0.1, 0.15) is 61.8 Å². The lowest BCUT2D eigenvalue weighted by molar-refractivity contribution is -0.136. The second-order valence-corrected chi connectivity index (χ2v) is 14.5. The second kappa shape index (κ2) is 12.8. The largest absolute Gasteiger partial charge is 0.453 e. The average molecular weight is 722 g/mol. The van der Waals surface area contributed by atoms with Crippen molar-refractivity contribution in [2.24, 2.45) is 5.92 Å². The zero-order valence-corrected chi connectivity index (χ0v) is 29.7. The summed E-state index contributed by atoms with van der Waals surface area (Å²) in [7, 11) is 1.28. The van der Waals surface area contributed by atoms with Crippen molar-refractivity contribution < 1.29 is 27.8 Å². The van der Waals surface area contributed by atoms with Crippen molar-refractivity contribution in [1.82, 2.24) is 35.1 Å². The monoisotopic (exact) mass is 721 g/mol. The number of amides is 2. The number of H-pyrrole nitrogens is 1. The molecular weight excluding hydrogens is 680 g/mol. The van der Waals surface area contributed by atoms with Gasteiger partial charge in [-0.3, -0.25) is 14.7 Å². The predicted molar refractivity (Wildman–Crippen MR) is 194 cm³/mol. The Bertz CT molecular complexity index is 2250. The number of ether oxygens (including phenoxy) is 2.